The molecule has 1 aliphatic heterocycles. The van der Waals surface area contributed by atoms with Gasteiger partial charge < -0.3 is 10.6 Å². The third-order valence-corrected chi connectivity index (χ3v) is 3.23. The average molecular weight is 254 g/mol. The normalized spacial score (nSPS) is 19.9. The Labute approximate surface area is 106 Å². The molecule has 1 aliphatic rings. The molecule has 92 valence electrons. The SMILES string of the molecule is O=C(NCC1CCCCN1)c1cccnc1Cl. The average Bonchev–Trinajstić information content (AvgIpc) is 2.38. The smallest absolute Gasteiger partial charge is 0.254 e. The second kappa shape index (κ2) is 5.98. The highest BCUT2D eigenvalue weighted by molar-refractivity contribution is 6.32. The molecule has 2 N–H and O–H groups in total. The van der Waals surface area contributed by atoms with Crippen LogP contribution in [-0.2, 0) is 0 Å². The minimum atomic E-state index is -0.157. The Balaban J connectivity index is 1.87. The molecule has 0 spiro atoms. The molecule has 1 aromatic heterocycles. The molecule has 5 heteroatoms. The van der Waals surface area contributed by atoms with E-state index in [2.05, 4.69) is 15.6 Å². The lowest BCUT2D eigenvalue weighted by atomic mass is 10.1. The largest absolute Gasteiger partial charge is 0.350 e. The summed E-state index contributed by atoms with van der Waals surface area (Å²) in [5.74, 6) is -0.157. The van der Waals surface area contributed by atoms with Gasteiger partial charge in [-0.2, -0.15) is 0 Å². The molecule has 1 atom stereocenters. The van der Waals surface area contributed by atoms with Crippen LogP contribution in [0.25, 0.3) is 0 Å². The van der Waals surface area contributed by atoms with Gasteiger partial charge in [-0.25, -0.2) is 4.98 Å². The third kappa shape index (κ3) is 3.41. The minimum Gasteiger partial charge on any atom is -0.350 e. The van der Waals surface area contributed by atoms with E-state index in [0.29, 0.717) is 18.2 Å². The Hall–Kier alpha value is -1.13. The van der Waals surface area contributed by atoms with Crippen LogP contribution in [0.1, 0.15) is 29.6 Å². The lowest BCUT2D eigenvalue weighted by molar-refractivity contribution is 0.0947. The fraction of sp³-hybridized carbons (Fsp3) is 0.500. The molecule has 17 heavy (non-hydrogen) atoms. The summed E-state index contributed by atoms with van der Waals surface area (Å²) in [6, 6.07) is 3.77. The molecule has 0 aromatic carbocycles. The first-order valence-corrected chi connectivity index (χ1v) is 6.27. The number of piperidine rings is 1. The number of aromatic nitrogens is 1. The van der Waals surface area contributed by atoms with Gasteiger partial charge in [-0.15, -0.1) is 0 Å². The summed E-state index contributed by atoms with van der Waals surface area (Å²) in [4.78, 5) is 15.7. The number of hydrogen-bond donors (Lipinski definition) is 2. The summed E-state index contributed by atoms with van der Waals surface area (Å²) in [5.41, 5.74) is 0.435. The number of amides is 1. The van der Waals surface area contributed by atoms with Crippen LogP contribution in [0.2, 0.25) is 5.15 Å². The van der Waals surface area contributed by atoms with Gasteiger partial charge in [0.15, 0.2) is 0 Å². The summed E-state index contributed by atoms with van der Waals surface area (Å²) in [7, 11) is 0. The molecule has 0 aliphatic carbocycles. The Morgan fingerprint density at radius 1 is 1.59 bits per heavy atom. The highest BCUT2D eigenvalue weighted by Crippen LogP contribution is 2.11. The van der Waals surface area contributed by atoms with E-state index in [4.69, 9.17) is 11.6 Å². The summed E-state index contributed by atoms with van der Waals surface area (Å²) in [5, 5.41) is 6.51. The zero-order valence-corrected chi connectivity index (χ0v) is 10.3. The van der Waals surface area contributed by atoms with E-state index in [9.17, 15) is 4.79 Å². The Bertz CT molecular complexity index is 391. The standard InChI is InChI=1S/C12H16ClN3O/c13-11-10(5-3-7-15-11)12(17)16-8-9-4-1-2-6-14-9/h3,5,7,9,14H,1-2,4,6,8H2,(H,16,17). The van der Waals surface area contributed by atoms with Gasteiger partial charge in [0.1, 0.15) is 5.15 Å². The molecule has 2 heterocycles. The van der Waals surface area contributed by atoms with Crippen LogP contribution in [0, 0.1) is 0 Å². The van der Waals surface area contributed by atoms with Gasteiger partial charge in [0.2, 0.25) is 0 Å². The van der Waals surface area contributed by atoms with Crippen molar-refractivity contribution < 1.29 is 4.79 Å². The van der Waals surface area contributed by atoms with Gasteiger partial charge in [0, 0.05) is 18.8 Å². The maximum atomic E-state index is 11.8. The van der Waals surface area contributed by atoms with E-state index < -0.39 is 0 Å². The van der Waals surface area contributed by atoms with Crippen molar-refractivity contribution >= 4 is 17.5 Å². The van der Waals surface area contributed by atoms with Gasteiger partial charge in [-0.1, -0.05) is 18.0 Å². The monoisotopic (exact) mass is 253 g/mol. The van der Waals surface area contributed by atoms with Crippen LogP contribution in [-0.4, -0.2) is 30.0 Å². The molecule has 1 unspecified atom stereocenters. The van der Waals surface area contributed by atoms with Crippen LogP contribution in [0.4, 0.5) is 0 Å². The van der Waals surface area contributed by atoms with Crippen molar-refractivity contribution in [1.29, 1.82) is 0 Å². The van der Waals surface area contributed by atoms with Crippen molar-refractivity contribution in [1.82, 2.24) is 15.6 Å². The maximum absolute atomic E-state index is 11.8. The number of hydrogen-bond acceptors (Lipinski definition) is 3. The number of pyridine rings is 1. The van der Waals surface area contributed by atoms with E-state index in [1.165, 1.54) is 12.8 Å². The van der Waals surface area contributed by atoms with Crippen LogP contribution in [0.5, 0.6) is 0 Å². The van der Waals surface area contributed by atoms with Crippen molar-refractivity contribution in [2.24, 2.45) is 0 Å². The van der Waals surface area contributed by atoms with Crippen molar-refractivity contribution in [3.63, 3.8) is 0 Å². The molecular formula is C12H16ClN3O. The molecule has 1 amide bonds. The Kier molecular flexibility index (Phi) is 4.34. The summed E-state index contributed by atoms with van der Waals surface area (Å²) in [6.07, 6.45) is 5.13. The molecule has 4 nitrogen and oxygen atoms in total. The second-order valence-electron chi connectivity index (χ2n) is 4.20. The first-order chi connectivity index (χ1) is 8.27. The predicted molar refractivity (Wildman–Crippen MR) is 67.2 cm³/mol. The molecule has 1 aromatic rings. The molecular weight excluding hydrogens is 238 g/mol. The number of carbonyl (C=O) groups excluding carboxylic acids is 1. The lowest BCUT2D eigenvalue weighted by Crippen LogP contribution is -2.43. The number of rotatable bonds is 3. The van der Waals surface area contributed by atoms with E-state index in [1.54, 1.807) is 18.3 Å². The zero-order chi connectivity index (χ0) is 12.1. The number of carbonyl (C=O) groups is 1. The fourth-order valence-electron chi connectivity index (χ4n) is 1.96. The fourth-order valence-corrected chi connectivity index (χ4v) is 2.17. The quantitative estimate of drug-likeness (QED) is 0.805. The van der Waals surface area contributed by atoms with Gasteiger partial charge in [-0.05, 0) is 31.5 Å². The number of nitrogens with zero attached hydrogens (tertiary/aromatic N) is 1. The topological polar surface area (TPSA) is 54.0 Å². The number of nitrogens with one attached hydrogen (secondary N) is 2. The molecule has 0 radical (unpaired) electrons. The van der Waals surface area contributed by atoms with Crippen molar-refractivity contribution in [3.8, 4) is 0 Å². The van der Waals surface area contributed by atoms with Gasteiger partial charge in [0.05, 0.1) is 5.56 Å². The van der Waals surface area contributed by atoms with E-state index in [-0.39, 0.29) is 11.1 Å². The predicted octanol–water partition coefficient (Wildman–Crippen LogP) is 1.61. The Morgan fingerprint density at radius 3 is 3.18 bits per heavy atom. The van der Waals surface area contributed by atoms with Gasteiger partial charge in [-0.3, -0.25) is 4.79 Å². The van der Waals surface area contributed by atoms with Crippen LogP contribution in [0.3, 0.4) is 0 Å². The van der Waals surface area contributed by atoms with E-state index >= 15 is 0 Å². The molecule has 1 saturated heterocycles. The summed E-state index contributed by atoms with van der Waals surface area (Å²) in [6.45, 7) is 1.68. The second-order valence-corrected chi connectivity index (χ2v) is 4.56. The summed E-state index contributed by atoms with van der Waals surface area (Å²) >= 11 is 5.85. The highest BCUT2D eigenvalue weighted by Gasteiger charge is 2.15. The van der Waals surface area contributed by atoms with Crippen LogP contribution in [0.15, 0.2) is 18.3 Å². The zero-order valence-electron chi connectivity index (χ0n) is 9.58. The van der Waals surface area contributed by atoms with Gasteiger partial charge in [0.25, 0.3) is 5.91 Å². The van der Waals surface area contributed by atoms with Crippen molar-refractivity contribution in [3.05, 3.63) is 29.0 Å². The third-order valence-electron chi connectivity index (χ3n) is 2.93. The molecule has 0 bridgehead atoms. The van der Waals surface area contributed by atoms with Crippen molar-refractivity contribution in [2.75, 3.05) is 13.1 Å². The van der Waals surface area contributed by atoms with Crippen molar-refractivity contribution in [2.45, 2.75) is 25.3 Å². The first-order valence-electron chi connectivity index (χ1n) is 5.89. The number of halogens is 1. The summed E-state index contributed by atoms with van der Waals surface area (Å²) < 4.78 is 0. The lowest BCUT2D eigenvalue weighted by Gasteiger charge is -2.23. The van der Waals surface area contributed by atoms with Gasteiger partial charge >= 0.3 is 0 Å². The highest BCUT2D eigenvalue weighted by atomic mass is 35.5. The molecule has 2 rings (SSSR count). The molecule has 1 fully saturated rings. The van der Waals surface area contributed by atoms with Crippen LogP contribution >= 0.6 is 11.6 Å². The Morgan fingerprint density at radius 2 is 2.47 bits per heavy atom. The minimum absolute atomic E-state index is 0.157. The van der Waals surface area contributed by atoms with E-state index in [0.717, 1.165) is 13.0 Å². The van der Waals surface area contributed by atoms with E-state index in [1.807, 2.05) is 0 Å². The molecule has 0 saturated carbocycles. The maximum Gasteiger partial charge on any atom is 0.254 e. The van der Waals surface area contributed by atoms with Crippen LogP contribution < -0.4 is 10.6 Å². The first kappa shape index (κ1) is 12.3.